The van der Waals surface area contributed by atoms with Gasteiger partial charge in [0.15, 0.2) is 0 Å². The van der Waals surface area contributed by atoms with Crippen molar-refractivity contribution in [2.45, 2.75) is 45.1 Å². The van der Waals surface area contributed by atoms with Crippen LogP contribution in [-0.2, 0) is 24.8 Å². The Morgan fingerprint density at radius 2 is 2.14 bits per heavy atom. The molecule has 0 spiro atoms. The SMILES string of the molecule is CCOc1ccc(CCC(=O)N(C)Cc2cc([C@@H]3CCCNC3)nn2C)cc1. The lowest BCUT2D eigenvalue weighted by molar-refractivity contribution is -0.130. The third kappa shape index (κ3) is 5.35. The van der Waals surface area contributed by atoms with Crippen LogP contribution in [0.2, 0.25) is 0 Å². The largest absolute Gasteiger partial charge is 0.494 e. The van der Waals surface area contributed by atoms with E-state index < -0.39 is 0 Å². The van der Waals surface area contributed by atoms with Gasteiger partial charge in [0, 0.05) is 33.0 Å². The van der Waals surface area contributed by atoms with Crippen LogP contribution >= 0.6 is 0 Å². The summed E-state index contributed by atoms with van der Waals surface area (Å²) in [6, 6.07) is 10.1. The number of hydrogen-bond donors (Lipinski definition) is 1. The summed E-state index contributed by atoms with van der Waals surface area (Å²) in [6.45, 7) is 5.32. The maximum absolute atomic E-state index is 12.6. The van der Waals surface area contributed by atoms with Gasteiger partial charge in [0.05, 0.1) is 24.5 Å². The molecular formula is C22H32N4O2. The van der Waals surface area contributed by atoms with Gasteiger partial charge in [-0.05, 0) is 56.5 Å². The third-order valence-corrected chi connectivity index (χ3v) is 5.40. The van der Waals surface area contributed by atoms with Crippen LogP contribution in [0.1, 0.15) is 49.1 Å². The van der Waals surface area contributed by atoms with Crippen LogP contribution in [0.25, 0.3) is 0 Å². The number of carbonyl (C=O) groups is 1. The standard InChI is InChI=1S/C22H32N4O2/c1-4-28-20-10-7-17(8-11-20)9-12-22(27)25(2)16-19-14-21(24-26(19)3)18-6-5-13-23-15-18/h7-8,10-11,14,18,23H,4-6,9,12-13,15-16H2,1-3H3/t18-/m1/s1. The highest BCUT2D eigenvalue weighted by Crippen LogP contribution is 2.23. The summed E-state index contributed by atoms with van der Waals surface area (Å²) in [5, 5.41) is 8.13. The molecule has 6 heteroatoms. The van der Waals surface area contributed by atoms with E-state index in [9.17, 15) is 4.79 Å². The minimum Gasteiger partial charge on any atom is -0.494 e. The molecule has 0 aliphatic carbocycles. The van der Waals surface area contributed by atoms with Crippen molar-refractivity contribution < 1.29 is 9.53 Å². The molecular weight excluding hydrogens is 352 g/mol. The molecule has 1 aromatic heterocycles. The van der Waals surface area contributed by atoms with Gasteiger partial charge in [0.1, 0.15) is 5.75 Å². The van der Waals surface area contributed by atoms with Gasteiger partial charge in [-0.1, -0.05) is 12.1 Å². The highest BCUT2D eigenvalue weighted by Gasteiger charge is 2.20. The fourth-order valence-corrected chi connectivity index (χ4v) is 3.67. The van der Waals surface area contributed by atoms with E-state index in [1.165, 1.54) is 12.8 Å². The summed E-state index contributed by atoms with van der Waals surface area (Å²) in [7, 11) is 3.84. The van der Waals surface area contributed by atoms with E-state index in [-0.39, 0.29) is 5.91 Å². The van der Waals surface area contributed by atoms with E-state index in [0.29, 0.717) is 25.5 Å². The summed E-state index contributed by atoms with van der Waals surface area (Å²) >= 11 is 0. The van der Waals surface area contributed by atoms with Crippen molar-refractivity contribution in [2.75, 3.05) is 26.7 Å². The number of nitrogens with one attached hydrogen (secondary N) is 1. The number of rotatable bonds is 8. The van der Waals surface area contributed by atoms with E-state index in [1.54, 1.807) is 4.90 Å². The number of amides is 1. The van der Waals surface area contributed by atoms with Gasteiger partial charge in [-0.15, -0.1) is 0 Å². The summed E-state index contributed by atoms with van der Waals surface area (Å²) in [5.41, 5.74) is 3.37. The molecule has 3 rings (SSSR count). The number of aryl methyl sites for hydroxylation is 2. The molecule has 1 aliphatic rings. The lowest BCUT2D eigenvalue weighted by Crippen LogP contribution is -2.28. The topological polar surface area (TPSA) is 59.4 Å². The Morgan fingerprint density at radius 1 is 1.36 bits per heavy atom. The van der Waals surface area contributed by atoms with E-state index in [2.05, 4.69) is 11.4 Å². The number of aromatic nitrogens is 2. The molecule has 2 aromatic rings. The molecule has 0 bridgehead atoms. The highest BCUT2D eigenvalue weighted by atomic mass is 16.5. The highest BCUT2D eigenvalue weighted by molar-refractivity contribution is 5.76. The zero-order valence-corrected chi connectivity index (χ0v) is 17.3. The van der Waals surface area contributed by atoms with Gasteiger partial charge in [-0.25, -0.2) is 0 Å². The molecule has 1 fully saturated rings. The van der Waals surface area contributed by atoms with Crippen molar-refractivity contribution in [3.05, 3.63) is 47.3 Å². The summed E-state index contributed by atoms with van der Waals surface area (Å²) in [5.74, 6) is 1.50. The van der Waals surface area contributed by atoms with Crippen LogP contribution in [0.15, 0.2) is 30.3 Å². The normalized spacial score (nSPS) is 16.8. The van der Waals surface area contributed by atoms with E-state index in [1.807, 2.05) is 50.0 Å². The van der Waals surface area contributed by atoms with Gasteiger partial charge in [0.2, 0.25) is 5.91 Å². The van der Waals surface area contributed by atoms with Gasteiger partial charge < -0.3 is 15.0 Å². The molecule has 0 radical (unpaired) electrons. The molecule has 1 aromatic carbocycles. The Hall–Kier alpha value is -2.34. The van der Waals surface area contributed by atoms with Crippen molar-refractivity contribution in [3.63, 3.8) is 0 Å². The van der Waals surface area contributed by atoms with Crippen LogP contribution < -0.4 is 10.1 Å². The zero-order chi connectivity index (χ0) is 19.9. The van der Waals surface area contributed by atoms with Crippen molar-refractivity contribution in [2.24, 2.45) is 7.05 Å². The van der Waals surface area contributed by atoms with Crippen LogP contribution in [0.5, 0.6) is 5.75 Å². The first-order valence-electron chi connectivity index (χ1n) is 10.3. The van der Waals surface area contributed by atoms with Crippen LogP contribution in [0.4, 0.5) is 0 Å². The smallest absolute Gasteiger partial charge is 0.222 e. The molecule has 1 N–H and O–H groups in total. The van der Waals surface area contributed by atoms with Crippen molar-refractivity contribution in [1.82, 2.24) is 20.0 Å². The average Bonchev–Trinajstić information content (AvgIpc) is 3.08. The molecule has 1 aliphatic heterocycles. The minimum atomic E-state index is 0.149. The quantitative estimate of drug-likeness (QED) is 0.760. The molecule has 28 heavy (non-hydrogen) atoms. The summed E-state index contributed by atoms with van der Waals surface area (Å²) in [6.07, 6.45) is 3.61. The number of piperidine rings is 1. The first kappa shape index (κ1) is 20.4. The molecule has 0 unspecified atom stereocenters. The Labute approximate surface area is 167 Å². The molecule has 2 heterocycles. The average molecular weight is 385 g/mol. The fourth-order valence-electron chi connectivity index (χ4n) is 3.67. The van der Waals surface area contributed by atoms with Crippen LogP contribution in [0, 0.1) is 0 Å². The monoisotopic (exact) mass is 384 g/mol. The molecule has 1 atom stereocenters. The first-order chi connectivity index (χ1) is 13.6. The molecule has 6 nitrogen and oxygen atoms in total. The molecule has 0 saturated carbocycles. The maximum atomic E-state index is 12.6. The minimum absolute atomic E-state index is 0.149. The predicted octanol–water partition coefficient (Wildman–Crippen LogP) is 2.88. The number of benzene rings is 1. The number of hydrogen-bond acceptors (Lipinski definition) is 4. The second-order valence-electron chi connectivity index (χ2n) is 7.55. The van der Waals surface area contributed by atoms with Gasteiger partial charge in [0.25, 0.3) is 0 Å². The Morgan fingerprint density at radius 3 is 2.82 bits per heavy atom. The lowest BCUT2D eigenvalue weighted by Gasteiger charge is -2.20. The molecule has 1 saturated heterocycles. The van der Waals surface area contributed by atoms with E-state index in [0.717, 1.165) is 42.2 Å². The fraction of sp³-hybridized carbons (Fsp3) is 0.545. The Kier molecular flexibility index (Phi) is 7.09. The second-order valence-corrected chi connectivity index (χ2v) is 7.55. The van der Waals surface area contributed by atoms with Gasteiger partial charge in [-0.3, -0.25) is 9.48 Å². The van der Waals surface area contributed by atoms with Crippen molar-refractivity contribution in [3.8, 4) is 5.75 Å². The van der Waals surface area contributed by atoms with E-state index in [4.69, 9.17) is 9.84 Å². The Bertz CT molecular complexity index is 763. The lowest BCUT2D eigenvalue weighted by atomic mass is 9.96. The van der Waals surface area contributed by atoms with Gasteiger partial charge in [-0.2, -0.15) is 5.10 Å². The zero-order valence-electron chi connectivity index (χ0n) is 17.3. The molecule has 152 valence electrons. The maximum Gasteiger partial charge on any atom is 0.222 e. The van der Waals surface area contributed by atoms with Crippen molar-refractivity contribution >= 4 is 5.91 Å². The molecule has 1 amide bonds. The predicted molar refractivity (Wildman–Crippen MR) is 110 cm³/mol. The number of ether oxygens (including phenoxy) is 1. The second kappa shape index (κ2) is 9.73. The summed E-state index contributed by atoms with van der Waals surface area (Å²) in [4.78, 5) is 14.4. The number of carbonyl (C=O) groups excluding carboxylic acids is 1. The van der Waals surface area contributed by atoms with Crippen LogP contribution in [-0.4, -0.2) is 47.3 Å². The van der Waals surface area contributed by atoms with E-state index >= 15 is 0 Å². The first-order valence-corrected chi connectivity index (χ1v) is 10.3. The Balaban J connectivity index is 1.51. The summed E-state index contributed by atoms with van der Waals surface area (Å²) < 4.78 is 7.38. The van der Waals surface area contributed by atoms with Crippen LogP contribution in [0.3, 0.4) is 0 Å². The number of nitrogens with zero attached hydrogens (tertiary/aromatic N) is 3. The van der Waals surface area contributed by atoms with Gasteiger partial charge >= 0.3 is 0 Å². The van der Waals surface area contributed by atoms with Crippen molar-refractivity contribution in [1.29, 1.82) is 0 Å². The third-order valence-electron chi connectivity index (χ3n) is 5.40.